The molecule has 0 aliphatic heterocycles. The summed E-state index contributed by atoms with van der Waals surface area (Å²) in [6.45, 7) is 2.17. The van der Waals surface area contributed by atoms with Crippen molar-refractivity contribution in [1.82, 2.24) is 9.97 Å². The molecule has 2 atom stereocenters. The Morgan fingerprint density at radius 3 is 2.65 bits per heavy atom. The molecule has 0 radical (unpaired) electrons. The zero-order valence-corrected chi connectivity index (χ0v) is 9.80. The van der Waals surface area contributed by atoms with Crippen LogP contribution in [-0.4, -0.2) is 16.0 Å². The number of rotatable bonds is 3. The van der Waals surface area contributed by atoms with Gasteiger partial charge in [0.2, 0.25) is 5.95 Å². The van der Waals surface area contributed by atoms with Gasteiger partial charge >= 0.3 is 0 Å². The number of nitrogens with zero attached hydrogens (tertiary/aromatic N) is 2. The summed E-state index contributed by atoms with van der Waals surface area (Å²) in [5.41, 5.74) is 2.82. The first-order valence-corrected chi connectivity index (χ1v) is 5.93. The first-order valence-electron chi connectivity index (χ1n) is 5.93. The number of hydrogen-bond acceptors (Lipinski definition) is 3. The van der Waals surface area contributed by atoms with Crippen molar-refractivity contribution in [3.8, 4) is 0 Å². The Bertz CT molecular complexity index is 510. The van der Waals surface area contributed by atoms with Crippen molar-refractivity contribution in [1.29, 1.82) is 0 Å². The van der Waals surface area contributed by atoms with Crippen LogP contribution in [-0.2, 0) is 0 Å². The van der Waals surface area contributed by atoms with Gasteiger partial charge in [-0.2, -0.15) is 0 Å². The molecule has 1 aliphatic carbocycles. The number of benzene rings is 1. The maximum atomic E-state index is 4.19. The normalized spacial score (nSPS) is 22.2. The van der Waals surface area contributed by atoms with Crippen LogP contribution < -0.4 is 5.32 Å². The van der Waals surface area contributed by atoms with Gasteiger partial charge in [0.25, 0.3) is 0 Å². The predicted octanol–water partition coefficient (Wildman–Crippen LogP) is 2.75. The van der Waals surface area contributed by atoms with Gasteiger partial charge in [-0.3, -0.25) is 0 Å². The molecule has 1 fully saturated rings. The molecule has 0 amide bonds. The van der Waals surface area contributed by atoms with Crippen LogP contribution in [0.25, 0.3) is 0 Å². The standard InChI is InChI=1S/C14H15N3/c1-10-5-2-3-6-11(10)12-9-13(12)17-14-15-7-4-8-16-14/h2-8,12-13H,9H2,1H3,(H,15,16,17)/t12-,13+/m1/s1. The fourth-order valence-corrected chi connectivity index (χ4v) is 2.24. The largest absolute Gasteiger partial charge is 0.351 e. The van der Waals surface area contributed by atoms with Gasteiger partial charge in [-0.05, 0) is 30.5 Å². The van der Waals surface area contributed by atoms with Gasteiger partial charge in [0.1, 0.15) is 0 Å². The zero-order chi connectivity index (χ0) is 11.7. The van der Waals surface area contributed by atoms with E-state index >= 15 is 0 Å². The molecular formula is C14H15N3. The highest BCUT2D eigenvalue weighted by Crippen LogP contribution is 2.43. The summed E-state index contributed by atoms with van der Waals surface area (Å²) in [4.78, 5) is 8.37. The van der Waals surface area contributed by atoms with Crippen molar-refractivity contribution < 1.29 is 0 Å². The van der Waals surface area contributed by atoms with Crippen molar-refractivity contribution >= 4 is 5.95 Å². The lowest BCUT2D eigenvalue weighted by Crippen LogP contribution is -2.07. The summed E-state index contributed by atoms with van der Waals surface area (Å²) in [6, 6.07) is 10.9. The lowest BCUT2D eigenvalue weighted by Gasteiger charge is -2.06. The lowest BCUT2D eigenvalue weighted by molar-refractivity contribution is 0.993. The van der Waals surface area contributed by atoms with Crippen LogP contribution in [0.4, 0.5) is 5.95 Å². The van der Waals surface area contributed by atoms with E-state index in [2.05, 4.69) is 46.5 Å². The third-order valence-corrected chi connectivity index (χ3v) is 3.26. The summed E-state index contributed by atoms with van der Waals surface area (Å²) in [5.74, 6) is 1.34. The molecule has 0 saturated heterocycles. The van der Waals surface area contributed by atoms with Gasteiger partial charge in [0, 0.05) is 24.4 Å². The van der Waals surface area contributed by atoms with Crippen molar-refractivity contribution in [2.75, 3.05) is 5.32 Å². The number of aromatic nitrogens is 2. The molecule has 1 aromatic heterocycles. The van der Waals surface area contributed by atoms with E-state index < -0.39 is 0 Å². The van der Waals surface area contributed by atoms with Crippen molar-refractivity contribution in [2.45, 2.75) is 25.3 Å². The van der Waals surface area contributed by atoms with Crippen LogP contribution in [0.15, 0.2) is 42.7 Å². The van der Waals surface area contributed by atoms with Gasteiger partial charge < -0.3 is 5.32 Å². The van der Waals surface area contributed by atoms with Gasteiger partial charge in [0.05, 0.1) is 0 Å². The Balaban J connectivity index is 1.70. The number of anilines is 1. The molecule has 3 rings (SSSR count). The predicted molar refractivity (Wildman–Crippen MR) is 68.0 cm³/mol. The van der Waals surface area contributed by atoms with Crippen molar-refractivity contribution in [2.24, 2.45) is 0 Å². The summed E-state index contributed by atoms with van der Waals surface area (Å²) < 4.78 is 0. The molecule has 0 bridgehead atoms. The minimum Gasteiger partial charge on any atom is -0.351 e. The van der Waals surface area contributed by atoms with Crippen LogP contribution in [0.1, 0.15) is 23.5 Å². The van der Waals surface area contributed by atoms with Crippen LogP contribution in [0.2, 0.25) is 0 Å². The van der Waals surface area contributed by atoms with Crippen LogP contribution in [0.5, 0.6) is 0 Å². The van der Waals surface area contributed by atoms with E-state index in [4.69, 9.17) is 0 Å². The summed E-state index contributed by atoms with van der Waals surface area (Å²) in [6.07, 6.45) is 4.70. The second-order valence-corrected chi connectivity index (χ2v) is 4.52. The van der Waals surface area contributed by atoms with Gasteiger partial charge in [-0.15, -0.1) is 0 Å². The molecule has 1 saturated carbocycles. The molecule has 2 aromatic rings. The van der Waals surface area contributed by atoms with E-state index in [1.165, 1.54) is 17.5 Å². The Hall–Kier alpha value is -1.90. The minimum absolute atomic E-state index is 0.485. The fraction of sp³-hybridized carbons (Fsp3) is 0.286. The van der Waals surface area contributed by atoms with E-state index in [-0.39, 0.29) is 0 Å². The molecule has 0 spiro atoms. The van der Waals surface area contributed by atoms with Gasteiger partial charge in [-0.25, -0.2) is 9.97 Å². The number of nitrogens with one attached hydrogen (secondary N) is 1. The van der Waals surface area contributed by atoms with Crippen LogP contribution in [0.3, 0.4) is 0 Å². The molecule has 86 valence electrons. The summed E-state index contributed by atoms with van der Waals surface area (Å²) in [7, 11) is 0. The average molecular weight is 225 g/mol. The highest BCUT2D eigenvalue weighted by atomic mass is 15.1. The van der Waals surface area contributed by atoms with Gasteiger partial charge in [0.15, 0.2) is 0 Å². The highest BCUT2D eigenvalue weighted by Gasteiger charge is 2.39. The second kappa shape index (κ2) is 4.17. The maximum absolute atomic E-state index is 4.19. The first kappa shape index (κ1) is 10.3. The van der Waals surface area contributed by atoms with Crippen molar-refractivity contribution in [3.05, 3.63) is 53.9 Å². The van der Waals surface area contributed by atoms with Crippen LogP contribution >= 0.6 is 0 Å². The molecule has 1 heterocycles. The smallest absolute Gasteiger partial charge is 0.222 e. The third kappa shape index (κ3) is 2.13. The first-order chi connectivity index (χ1) is 8.34. The second-order valence-electron chi connectivity index (χ2n) is 4.52. The van der Waals surface area contributed by atoms with Gasteiger partial charge in [-0.1, -0.05) is 24.3 Å². The summed E-state index contributed by atoms with van der Waals surface area (Å²) >= 11 is 0. The molecule has 17 heavy (non-hydrogen) atoms. The van der Waals surface area contributed by atoms with E-state index in [1.54, 1.807) is 12.4 Å². The van der Waals surface area contributed by atoms with E-state index in [9.17, 15) is 0 Å². The van der Waals surface area contributed by atoms with E-state index in [0.29, 0.717) is 12.0 Å². The molecule has 1 aromatic carbocycles. The number of aryl methyl sites for hydroxylation is 1. The van der Waals surface area contributed by atoms with E-state index in [1.807, 2.05) is 6.07 Å². The minimum atomic E-state index is 0.485. The molecule has 1 aliphatic rings. The average Bonchev–Trinajstić information content (AvgIpc) is 3.10. The third-order valence-electron chi connectivity index (χ3n) is 3.26. The van der Waals surface area contributed by atoms with Crippen molar-refractivity contribution in [3.63, 3.8) is 0 Å². The molecule has 1 N–H and O–H groups in total. The zero-order valence-electron chi connectivity index (χ0n) is 9.80. The fourth-order valence-electron chi connectivity index (χ4n) is 2.24. The van der Waals surface area contributed by atoms with Crippen LogP contribution in [0, 0.1) is 6.92 Å². The highest BCUT2D eigenvalue weighted by molar-refractivity contribution is 5.40. The quantitative estimate of drug-likeness (QED) is 0.872. The molecule has 3 heteroatoms. The summed E-state index contributed by atoms with van der Waals surface area (Å²) in [5, 5.41) is 3.37. The Kier molecular flexibility index (Phi) is 2.52. The lowest BCUT2D eigenvalue weighted by atomic mass is 10.0. The van der Waals surface area contributed by atoms with E-state index in [0.717, 1.165) is 5.95 Å². The topological polar surface area (TPSA) is 37.8 Å². The Morgan fingerprint density at radius 1 is 1.12 bits per heavy atom. The maximum Gasteiger partial charge on any atom is 0.222 e. The molecule has 0 unspecified atom stereocenters. The number of hydrogen-bond donors (Lipinski definition) is 1. The monoisotopic (exact) mass is 225 g/mol. The molecular weight excluding hydrogens is 210 g/mol. The molecule has 3 nitrogen and oxygen atoms in total. The SMILES string of the molecule is Cc1ccccc1[C@H]1C[C@@H]1Nc1ncccn1. The Labute approximate surface area is 101 Å². The Morgan fingerprint density at radius 2 is 1.88 bits per heavy atom.